The van der Waals surface area contributed by atoms with Crippen molar-refractivity contribution in [2.45, 2.75) is 52.6 Å². The summed E-state index contributed by atoms with van der Waals surface area (Å²) >= 11 is 0. The first-order chi connectivity index (χ1) is 14.4. The second kappa shape index (κ2) is 9.83. The van der Waals surface area contributed by atoms with E-state index >= 15 is 0 Å². The molecular formula is C24H34N4O2. The average Bonchev–Trinajstić information content (AvgIpc) is 3.47. The van der Waals surface area contributed by atoms with Gasteiger partial charge in [-0.25, -0.2) is 4.79 Å². The van der Waals surface area contributed by atoms with E-state index in [4.69, 9.17) is 0 Å². The zero-order valence-corrected chi connectivity index (χ0v) is 18.6. The maximum atomic E-state index is 13.2. The lowest BCUT2D eigenvalue weighted by molar-refractivity contribution is -0.133. The molecule has 1 saturated carbocycles. The molecule has 1 aliphatic rings. The minimum absolute atomic E-state index is 0.0100. The molecule has 0 bridgehead atoms. The Labute approximate surface area is 179 Å². The molecule has 0 atom stereocenters. The van der Waals surface area contributed by atoms with Gasteiger partial charge in [0.1, 0.15) is 6.54 Å². The average molecular weight is 411 g/mol. The molecule has 0 saturated heterocycles. The summed E-state index contributed by atoms with van der Waals surface area (Å²) in [5.41, 5.74) is 3.08. The second-order valence-electron chi connectivity index (χ2n) is 8.62. The lowest BCUT2D eigenvalue weighted by Gasteiger charge is -2.29. The van der Waals surface area contributed by atoms with Gasteiger partial charge >= 0.3 is 6.03 Å². The van der Waals surface area contributed by atoms with E-state index in [1.54, 1.807) is 4.90 Å². The number of nitrogens with zero attached hydrogens (tertiary/aromatic N) is 3. The van der Waals surface area contributed by atoms with E-state index < -0.39 is 0 Å². The summed E-state index contributed by atoms with van der Waals surface area (Å²) < 4.78 is 2.04. The molecule has 0 unspecified atom stereocenters. The van der Waals surface area contributed by atoms with Gasteiger partial charge in [0, 0.05) is 37.2 Å². The number of anilines is 1. The molecule has 3 amide bonds. The monoisotopic (exact) mass is 410 g/mol. The van der Waals surface area contributed by atoms with Gasteiger partial charge in [-0.15, -0.1) is 0 Å². The second-order valence-corrected chi connectivity index (χ2v) is 8.62. The molecule has 1 aromatic carbocycles. The van der Waals surface area contributed by atoms with Crippen LogP contribution in [0.3, 0.4) is 0 Å². The molecule has 0 radical (unpaired) electrons. The Morgan fingerprint density at radius 1 is 1.17 bits per heavy atom. The number of aromatic nitrogens is 1. The van der Waals surface area contributed by atoms with E-state index in [0.29, 0.717) is 13.1 Å². The van der Waals surface area contributed by atoms with Crippen LogP contribution >= 0.6 is 0 Å². The number of hydrogen-bond acceptors (Lipinski definition) is 2. The smallest absolute Gasteiger partial charge is 0.322 e. The lowest BCUT2D eigenvalue weighted by Crippen LogP contribution is -2.46. The number of amides is 3. The van der Waals surface area contributed by atoms with Gasteiger partial charge in [-0.1, -0.05) is 32.9 Å². The summed E-state index contributed by atoms with van der Waals surface area (Å²) in [6.07, 6.45) is 5.03. The molecule has 3 rings (SSSR count). The summed E-state index contributed by atoms with van der Waals surface area (Å²) in [7, 11) is 1.99. The van der Waals surface area contributed by atoms with Gasteiger partial charge in [0.25, 0.3) is 0 Å². The SMILES string of the molecule is CCc1ccc(NC(=O)N(CC(=O)N(Cc2cccn2C)C2CC2)CC(C)C)cc1. The van der Waals surface area contributed by atoms with Gasteiger partial charge in [0.05, 0.1) is 6.54 Å². The minimum atomic E-state index is -0.226. The Kier molecular flexibility index (Phi) is 7.19. The molecule has 162 valence electrons. The number of carbonyl (C=O) groups excluding carboxylic acids is 2. The number of hydrogen-bond donors (Lipinski definition) is 1. The summed E-state index contributed by atoms with van der Waals surface area (Å²) in [5.74, 6) is 0.282. The van der Waals surface area contributed by atoms with E-state index in [-0.39, 0.29) is 30.4 Å². The molecule has 1 aromatic heterocycles. The standard InChI is InChI=1S/C24H34N4O2/c1-5-19-8-10-20(11-9-19)25-24(30)27(15-18(2)3)17-23(29)28(21-12-13-21)16-22-7-6-14-26(22)4/h6-11,14,18,21H,5,12-13,15-17H2,1-4H3,(H,25,30). The Hall–Kier alpha value is -2.76. The van der Waals surface area contributed by atoms with Crippen molar-refractivity contribution in [3.05, 3.63) is 53.9 Å². The highest BCUT2D eigenvalue weighted by atomic mass is 16.2. The third-order valence-corrected chi connectivity index (χ3v) is 5.50. The molecule has 6 nitrogen and oxygen atoms in total. The summed E-state index contributed by atoms with van der Waals surface area (Å²) in [6, 6.07) is 12.0. The highest BCUT2D eigenvalue weighted by molar-refractivity contribution is 5.92. The van der Waals surface area contributed by atoms with Crippen LogP contribution in [0.1, 0.15) is 44.9 Å². The van der Waals surface area contributed by atoms with Gasteiger partial charge in [0.15, 0.2) is 0 Å². The molecule has 0 spiro atoms. The van der Waals surface area contributed by atoms with Crippen molar-refractivity contribution in [1.29, 1.82) is 0 Å². The number of urea groups is 1. The molecule has 6 heteroatoms. The fourth-order valence-corrected chi connectivity index (χ4v) is 3.58. The van der Waals surface area contributed by atoms with Crippen LogP contribution in [0.2, 0.25) is 0 Å². The third kappa shape index (κ3) is 5.88. The Balaban J connectivity index is 1.68. The number of carbonyl (C=O) groups is 2. The molecular weight excluding hydrogens is 376 g/mol. The first-order valence-corrected chi connectivity index (χ1v) is 10.9. The highest BCUT2D eigenvalue weighted by Gasteiger charge is 2.34. The molecule has 1 fully saturated rings. The van der Waals surface area contributed by atoms with Crippen molar-refractivity contribution in [1.82, 2.24) is 14.4 Å². The Morgan fingerprint density at radius 3 is 2.40 bits per heavy atom. The van der Waals surface area contributed by atoms with Crippen LogP contribution in [-0.4, -0.2) is 45.4 Å². The quantitative estimate of drug-likeness (QED) is 0.671. The fraction of sp³-hybridized carbons (Fsp3) is 0.500. The van der Waals surface area contributed by atoms with Crippen molar-refractivity contribution in [2.75, 3.05) is 18.4 Å². The Bertz CT molecular complexity index is 852. The van der Waals surface area contributed by atoms with E-state index in [1.165, 1.54) is 5.56 Å². The molecule has 1 aliphatic carbocycles. The zero-order valence-electron chi connectivity index (χ0n) is 18.6. The van der Waals surface area contributed by atoms with Crippen LogP contribution in [0.15, 0.2) is 42.6 Å². The van der Waals surface area contributed by atoms with Crippen LogP contribution in [0.4, 0.5) is 10.5 Å². The van der Waals surface area contributed by atoms with Crippen molar-refractivity contribution in [3.63, 3.8) is 0 Å². The van der Waals surface area contributed by atoms with Gasteiger partial charge in [-0.2, -0.15) is 0 Å². The van der Waals surface area contributed by atoms with Crippen molar-refractivity contribution < 1.29 is 9.59 Å². The van der Waals surface area contributed by atoms with E-state index in [0.717, 1.165) is 30.6 Å². The lowest BCUT2D eigenvalue weighted by atomic mass is 10.1. The Morgan fingerprint density at radius 2 is 1.87 bits per heavy atom. The number of rotatable bonds is 9. The minimum Gasteiger partial charge on any atom is -0.353 e. The van der Waals surface area contributed by atoms with Crippen molar-refractivity contribution >= 4 is 17.6 Å². The fourth-order valence-electron chi connectivity index (χ4n) is 3.58. The third-order valence-electron chi connectivity index (χ3n) is 5.50. The van der Waals surface area contributed by atoms with Gasteiger partial charge in [-0.3, -0.25) is 4.79 Å². The predicted molar refractivity (Wildman–Crippen MR) is 120 cm³/mol. The highest BCUT2D eigenvalue weighted by Crippen LogP contribution is 2.28. The largest absolute Gasteiger partial charge is 0.353 e. The van der Waals surface area contributed by atoms with Crippen LogP contribution < -0.4 is 5.32 Å². The first kappa shape index (κ1) is 21.9. The van der Waals surface area contributed by atoms with E-state index in [1.807, 2.05) is 59.1 Å². The van der Waals surface area contributed by atoms with Gasteiger partial charge < -0.3 is 19.7 Å². The maximum Gasteiger partial charge on any atom is 0.322 e. The molecule has 1 N–H and O–H groups in total. The number of aryl methyl sites for hydroxylation is 2. The molecule has 1 heterocycles. The van der Waals surface area contributed by atoms with Crippen LogP contribution in [0.25, 0.3) is 0 Å². The van der Waals surface area contributed by atoms with Crippen molar-refractivity contribution in [2.24, 2.45) is 13.0 Å². The molecule has 2 aromatic rings. The zero-order chi connectivity index (χ0) is 21.7. The van der Waals surface area contributed by atoms with E-state index in [2.05, 4.69) is 26.1 Å². The molecule has 30 heavy (non-hydrogen) atoms. The first-order valence-electron chi connectivity index (χ1n) is 10.9. The van der Waals surface area contributed by atoms with Gasteiger partial charge in [0.2, 0.25) is 5.91 Å². The van der Waals surface area contributed by atoms with Gasteiger partial charge in [-0.05, 0) is 55.0 Å². The van der Waals surface area contributed by atoms with Crippen LogP contribution in [0.5, 0.6) is 0 Å². The number of benzene rings is 1. The van der Waals surface area contributed by atoms with Crippen molar-refractivity contribution in [3.8, 4) is 0 Å². The van der Waals surface area contributed by atoms with Crippen LogP contribution in [-0.2, 0) is 24.8 Å². The maximum absolute atomic E-state index is 13.2. The summed E-state index contributed by atoms with van der Waals surface area (Å²) in [4.78, 5) is 29.7. The summed E-state index contributed by atoms with van der Waals surface area (Å²) in [6.45, 7) is 7.44. The normalized spacial score (nSPS) is 13.4. The predicted octanol–water partition coefficient (Wildman–Crippen LogP) is 4.27. The number of nitrogens with one attached hydrogen (secondary N) is 1. The van der Waals surface area contributed by atoms with E-state index in [9.17, 15) is 9.59 Å². The topological polar surface area (TPSA) is 57.6 Å². The molecule has 0 aliphatic heterocycles. The van der Waals surface area contributed by atoms with Crippen LogP contribution in [0, 0.1) is 5.92 Å². The summed E-state index contributed by atoms with van der Waals surface area (Å²) in [5, 5.41) is 2.95.